The first-order chi connectivity index (χ1) is 11.7. The van der Waals surface area contributed by atoms with Crippen molar-refractivity contribution in [1.29, 1.82) is 0 Å². The summed E-state index contributed by atoms with van der Waals surface area (Å²) in [5.74, 6) is 0.574. The van der Waals surface area contributed by atoms with Crippen molar-refractivity contribution < 1.29 is 14.3 Å². The molecule has 0 N–H and O–H groups in total. The zero-order valence-corrected chi connectivity index (χ0v) is 13.8. The van der Waals surface area contributed by atoms with E-state index in [-0.39, 0.29) is 11.6 Å². The first-order valence-corrected chi connectivity index (χ1v) is 7.89. The van der Waals surface area contributed by atoms with E-state index >= 15 is 0 Å². The summed E-state index contributed by atoms with van der Waals surface area (Å²) in [6.07, 6.45) is 1.68. The third-order valence-corrected chi connectivity index (χ3v) is 4.21. The zero-order valence-electron chi connectivity index (χ0n) is 12.2. The Kier molecular flexibility index (Phi) is 3.62. The lowest BCUT2D eigenvalue weighted by Gasteiger charge is -2.06. The van der Waals surface area contributed by atoms with Crippen molar-refractivity contribution >= 4 is 26.8 Å². The molecular formula is C17H10BrN3O3. The fraction of sp³-hybridized carbons (Fsp3) is 0. The van der Waals surface area contributed by atoms with Crippen LogP contribution < -0.4 is 9.64 Å². The van der Waals surface area contributed by atoms with Crippen LogP contribution in [0, 0.1) is 5.21 Å². The quantitative estimate of drug-likeness (QED) is 0.498. The van der Waals surface area contributed by atoms with Gasteiger partial charge in [0.25, 0.3) is 5.69 Å². The molecule has 6 nitrogen and oxygen atoms in total. The van der Waals surface area contributed by atoms with Gasteiger partial charge in [0.1, 0.15) is 5.52 Å². The highest BCUT2D eigenvalue weighted by Crippen LogP contribution is 2.34. The van der Waals surface area contributed by atoms with Gasteiger partial charge in [0.05, 0.1) is 5.16 Å². The Morgan fingerprint density at radius 3 is 2.71 bits per heavy atom. The van der Waals surface area contributed by atoms with Crippen LogP contribution >= 0.6 is 15.9 Å². The van der Waals surface area contributed by atoms with E-state index in [0.717, 1.165) is 9.86 Å². The summed E-state index contributed by atoms with van der Waals surface area (Å²) in [4.78, 5) is 4.68. The van der Waals surface area contributed by atoms with Gasteiger partial charge in [-0.15, -0.1) is 0 Å². The van der Waals surface area contributed by atoms with Gasteiger partial charge in [-0.2, -0.15) is 0 Å². The van der Waals surface area contributed by atoms with Gasteiger partial charge in [-0.1, -0.05) is 52.3 Å². The first-order valence-electron chi connectivity index (χ1n) is 7.10. The maximum atomic E-state index is 11.9. The van der Waals surface area contributed by atoms with Gasteiger partial charge in [0, 0.05) is 21.6 Å². The topological polar surface area (TPSA) is 75.1 Å². The molecule has 2 heterocycles. The van der Waals surface area contributed by atoms with Crippen molar-refractivity contribution in [3.8, 4) is 22.9 Å². The molecule has 2 aromatic heterocycles. The van der Waals surface area contributed by atoms with Crippen molar-refractivity contribution in [2.45, 2.75) is 0 Å². The number of rotatable bonds is 3. The minimum absolute atomic E-state index is 0.0884. The largest absolute Gasteiger partial charge is 0.413 e. The Hall–Kier alpha value is -2.93. The van der Waals surface area contributed by atoms with E-state index in [2.05, 4.69) is 26.1 Å². The lowest BCUT2D eigenvalue weighted by molar-refractivity contribution is -0.793. The molecule has 0 atom stereocenters. The van der Waals surface area contributed by atoms with Gasteiger partial charge >= 0.3 is 5.88 Å². The van der Waals surface area contributed by atoms with Crippen molar-refractivity contribution in [2.75, 3.05) is 0 Å². The number of benzene rings is 2. The SMILES string of the molecule is [O-][n+]1onc(Oc2ccc(Br)c3cccnc23)c1-c1ccccc1. The summed E-state index contributed by atoms with van der Waals surface area (Å²) < 4.78 is 11.5. The second kappa shape index (κ2) is 5.93. The third kappa shape index (κ3) is 2.48. The zero-order chi connectivity index (χ0) is 16.5. The number of aromatic nitrogens is 3. The summed E-state index contributed by atoms with van der Waals surface area (Å²) in [6.45, 7) is 0. The Morgan fingerprint density at radius 2 is 1.88 bits per heavy atom. The molecule has 0 saturated heterocycles. The summed E-state index contributed by atoms with van der Waals surface area (Å²) in [5.41, 5.74) is 1.52. The number of nitrogens with zero attached hydrogens (tertiary/aromatic N) is 3. The number of hydrogen-bond acceptors (Lipinski definition) is 5. The van der Waals surface area contributed by atoms with E-state index < -0.39 is 0 Å². The predicted molar refractivity (Wildman–Crippen MR) is 90.4 cm³/mol. The highest BCUT2D eigenvalue weighted by molar-refractivity contribution is 9.10. The fourth-order valence-electron chi connectivity index (χ4n) is 2.43. The highest BCUT2D eigenvalue weighted by atomic mass is 79.9. The van der Waals surface area contributed by atoms with Gasteiger partial charge < -0.3 is 9.94 Å². The number of hydrogen-bond donors (Lipinski definition) is 0. The van der Waals surface area contributed by atoms with E-state index in [0.29, 0.717) is 21.7 Å². The average Bonchev–Trinajstić information content (AvgIpc) is 2.99. The molecule has 0 spiro atoms. The van der Waals surface area contributed by atoms with E-state index in [9.17, 15) is 5.21 Å². The Balaban J connectivity index is 1.82. The molecule has 0 amide bonds. The first kappa shape index (κ1) is 14.6. The molecule has 0 bridgehead atoms. The standard InChI is InChI=1S/C17H10BrN3O3/c18-13-8-9-14(15-12(13)7-4-10-19-15)23-17-16(21(22)24-20-17)11-5-2-1-3-6-11/h1-10H. The smallest absolute Gasteiger partial charge is 0.408 e. The van der Waals surface area contributed by atoms with Gasteiger partial charge in [-0.25, -0.2) is 0 Å². The highest BCUT2D eigenvalue weighted by Gasteiger charge is 2.24. The summed E-state index contributed by atoms with van der Waals surface area (Å²) in [5, 5.41) is 16.6. The molecule has 0 fully saturated rings. The second-order valence-electron chi connectivity index (χ2n) is 5.00. The minimum Gasteiger partial charge on any atom is -0.413 e. The Morgan fingerprint density at radius 1 is 1.04 bits per heavy atom. The van der Waals surface area contributed by atoms with Crippen molar-refractivity contribution in [1.82, 2.24) is 10.1 Å². The fourth-order valence-corrected chi connectivity index (χ4v) is 2.88. The number of fused-ring (bicyclic) bond motifs is 1. The third-order valence-electron chi connectivity index (χ3n) is 3.52. The van der Waals surface area contributed by atoms with Crippen LogP contribution in [-0.2, 0) is 0 Å². The molecule has 4 rings (SSSR count). The lowest BCUT2D eigenvalue weighted by atomic mass is 10.1. The van der Waals surface area contributed by atoms with Crippen LogP contribution in [0.4, 0.5) is 0 Å². The molecule has 24 heavy (non-hydrogen) atoms. The number of halogens is 1. The molecule has 0 saturated carbocycles. The van der Waals surface area contributed by atoms with Crippen molar-refractivity contribution in [3.05, 3.63) is 70.5 Å². The van der Waals surface area contributed by atoms with E-state index in [1.54, 1.807) is 24.4 Å². The van der Waals surface area contributed by atoms with Gasteiger partial charge in [-0.3, -0.25) is 9.61 Å². The minimum atomic E-state index is 0.0884. The van der Waals surface area contributed by atoms with Gasteiger partial charge in [0.15, 0.2) is 5.75 Å². The molecule has 0 unspecified atom stereocenters. The molecular weight excluding hydrogens is 374 g/mol. The van der Waals surface area contributed by atoms with Crippen molar-refractivity contribution in [3.63, 3.8) is 0 Å². The lowest BCUT2D eigenvalue weighted by Crippen LogP contribution is -2.25. The molecule has 0 aliphatic heterocycles. The molecule has 118 valence electrons. The van der Waals surface area contributed by atoms with Crippen LogP contribution in [0.1, 0.15) is 0 Å². The normalized spacial score (nSPS) is 10.9. The molecule has 4 aromatic rings. The Labute approximate surface area is 145 Å². The van der Waals surface area contributed by atoms with Crippen LogP contribution in [0.15, 0.2) is 69.9 Å². The van der Waals surface area contributed by atoms with Crippen molar-refractivity contribution in [2.24, 2.45) is 0 Å². The van der Waals surface area contributed by atoms with Crippen LogP contribution in [0.3, 0.4) is 0 Å². The number of ether oxygens (including phenoxy) is 1. The van der Waals surface area contributed by atoms with Crippen LogP contribution in [0.5, 0.6) is 11.6 Å². The molecule has 0 aliphatic carbocycles. The molecule has 0 radical (unpaired) electrons. The summed E-state index contributed by atoms with van der Waals surface area (Å²) in [6, 6.07) is 16.5. The van der Waals surface area contributed by atoms with Crippen LogP contribution in [0.2, 0.25) is 0 Å². The van der Waals surface area contributed by atoms with Gasteiger partial charge in [0.2, 0.25) is 0 Å². The van der Waals surface area contributed by atoms with E-state index in [1.165, 1.54) is 0 Å². The van der Waals surface area contributed by atoms with E-state index in [1.807, 2.05) is 36.4 Å². The molecule has 7 heteroatoms. The monoisotopic (exact) mass is 383 g/mol. The summed E-state index contributed by atoms with van der Waals surface area (Å²) in [7, 11) is 0. The van der Waals surface area contributed by atoms with E-state index in [4.69, 9.17) is 9.37 Å². The maximum Gasteiger partial charge on any atom is 0.408 e. The van der Waals surface area contributed by atoms with Gasteiger partial charge in [-0.05, 0) is 23.1 Å². The second-order valence-corrected chi connectivity index (χ2v) is 5.85. The number of pyridine rings is 1. The summed E-state index contributed by atoms with van der Waals surface area (Å²) >= 11 is 3.49. The Bertz CT molecular complexity index is 1020. The molecule has 0 aliphatic rings. The average molecular weight is 384 g/mol. The predicted octanol–water partition coefficient (Wildman–Crippen LogP) is 4.08. The maximum absolute atomic E-state index is 11.9. The van der Waals surface area contributed by atoms with Crippen LogP contribution in [0.25, 0.3) is 22.2 Å². The molecule has 2 aromatic carbocycles. The van der Waals surface area contributed by atoms with Crippen LogP contribution in [-0.4, -0.2) is 10.1 Å².